The van der Waals surface area contributed by atoms with Crippen molar-refractivity contribution in [2.45, 2.75) is 50.7 Å². The summed E-state index contributed by atoms with van der Waals surface area (Å²) < 4.78 is 5.76. The molecule has 0 spiro atoms. The minimum Gasteiger partial charge on any atom is -0.356 e. The molecule has 5 aliphatic rings. The van der Waals surface area contributed by atoms with Crippen LogP contribution in [-0.2, 0) is 14.3 Å². The van der Waals surface area contributed by atoms with E-state index in [0.717, 1.165) is 29.9 Å². The lowest BCUT2D eigenvalue weighted by molar-refractivity contribution is -0.157. The second-order valence-corrected chi connectivity index (χ2v) is 9.80. The van der Waals surface area contributed by atoms with Gasteiger partial charge in [-0.1, -0.05) is 30.3 Å². The summed E-state index contributed by atoms with van der Waals surface area (Å²) in [7, 11) is 1.92. The average molecular weight is 383 g/mol. The molecule has 0 radical (unpaired) electrons. The average Bonchev–Trinajstić information content (AvgIpc) is 2.66. The summed E-state index contributed by atoms with van der Waals surface area (Å²) in [5, 5.41) is 2.97. The van der Waals surface area contributed by atoms with E-state index >= 15 is 0 Å². The molecule has 0 aromatic heterocycles. The number of carbonyl (C=O) groups excluding carboxylic acids is 2. The maximum absolute atomic E-state index is 13.4. The van der Waals surface area contributed by atoms with Gasteiger partial charge >= 0.3 is 0 Å². The van der Waals surface area contributed by atoms with Crippen molar-refractivity contribution in [2.24, 2.45) is 23.2 Å². The van der Waals surface area contributed by atoms with Crippen LogP contribution < -0.4 is 5.32 Å². The van der Waals surface area contributed by atoms with Gasteiger partial charge in [0.25, 0.3) is 5.91 Å². The summed E-state index contributed by atoms with van der Waals surface area (Å²) in [6.07, 6.45) is 7.41. The number of carbonyl (C=O) groups is 2. The molecule has 1 aliphatic heterocycles. The highest BCUT2D eigenvalue weighted by Gasteiger charge is 2.52. The van der Waals surface area contributed by atoms with Crippen molar-refractivity contribution in [1.82, 2.24) is 10.2 Å². The van der Waals surface area contributed by atoms with Gasteiger partial charge in [0.15, 0.2) is 6.10 Å². The summed E-state index contributed by atoms with van der Waals surface area (Å²) >= 11 is 0. The van der Waals surface area contributed by atoms with Gasteiger partial charge in [-0.05, 0) is 67.3 Å². The predicted molar refractivity (Wildman–Crippen MR) is 105 cm³/mol. The number of ether oxygens (including phenoxy) is 1. The van der Waals surface area contributed by atoms with E-state index in [1.54, 1.807) is 0 Å². The van der Waals surface area contributed by atoms with Crippen LogP contribution in [0.5, 0.6) is 0 Å². The molecule has 4 saturated carbocycles. The van der Waals surface area contributed by atoms with Gasteiger partial charge in [-0.15, -0.1) is 0 Å². The van der Waals surface area contributed by atoms with Crippen LogP contribution in [0.4, 0.5) is 0 Å². The SMILES string of the molecule is CN(CC12CC3CC(CC(C3)C1)C2)C(=O)[C@H]1OCC(=O)N[C@@H]1c1ccccc1. The summed E-state index contributed by atoms with van der Waals surface area (Å²) in [5.74, 6) is 2.44. The zero-order chi connectivity index (χ0) is 19.3. The van der Waals surface area contributed by atoms with Crippen LogP contribution in [0.15, 0.2) is 30.3 Å². The normalized spacial score (nSPS) is 38.9. The van der Waals surface area contributed by atoms with Gasteiger partial charge in [-0.3, -0.25) is 9.59 Å². The molecule has 5 nitrogen and oxygen atoms in total. The Balaban J connectivity index is 1.32. The topological polar surface area (TPSA) is 58.6 Å². The lowest BCUT2D eigenvalue weighted by atomic mass is 9.49. The first-order valence-electron chi connectivity index (χ1n) is 10.7. The number of nitrogens with zero attached hydrogens (tertiary/aromatic N) is 1. The fourth-order valence-corrected chi connectivity index (χ4v) is 6.97. The Hall–Kier alpha value is -1.88. The molecule has 5 fully saturated rings. The first kappa shape index (κ1) is 18.2. The van der Waals surface area contributed by atoms with E-state index in [9.17, 15) is 9.59 Å². The van der Waals surface area contributed by atoms with Gasteiger partial charge in [0.05, 0.1) is 6.04 Å². The van der Waals surface area contributed by atoms with Crippen LogP contribution in [0, 0.1) is 23.2 Å². The van der Waals surface area contributed by atoms with Gasteiger partial charge < -0.3 is 15.0 Å². The fraction of sp³-hybridized carbons (Fsp3) is 0.652. The van der Waals surface area contributed by atoms with E-state index in [1.165, 1.54) is 38.5 Å². The first-order chi connectivity index (χ1) is 13.5. The molecule has 4 aliphatic carbocycles. The van der Waals surface area contributed by atoms with Crippen LogP contribution in [-0.4, -0.2) is 43.0 Å². The molecular weight excluding hydrogens is 352 g/mol. The van der Waals surface area contributed by atoms with Crippen molar-refractivity contribution in [1.29, 1.82) is 0 Å². The second kappa shape index (κ2) is 6.87. The Bertz CT molecular complexity index is 727. The number of nitrogens with one attached hydrogen (secondary N) is 1. The lowest BCUT2D eigenvalue weighted by Gasteiger charge is -2.57. The number of rotatable bonds is 4. The third-order valence-corrected chi connectivity index (χ3v) is 7.53. The molecule has 1 aromatic rings. The third-order valence-electron chi connectivity index (χ3n) is 7.53. The molecule has 0 unspecified atom stereocenters. The van der Waals surface area contributed by atoms with Crippen molar-refractivity contribution < 1.29 is 14.3 Å². The number of amides is 2. The fourth-order valence-electron chi connectivity index (χ4n) is 6.97. The number of benzene rings is 1. The minimum absolute atomic E-state index is 0.00963. The van der Waals surface area contributed by atoms with Crippen LogP contribution >= 0.6 is 0 Å². The largest absolute Gasteiger partial charge is 0.356 e. The maximum Gasteiger partial charge on any atom is 0.254 e. The monoisotopic (exact) mass is 382 g/mol. The molecule has 2 atom stereocenters. The van der Waals surface area contributed by atoms with Crippen molar-refractivity contribution in [3.63, 3.8) is 0 Å². The zero-order valence-corrected chi connectivity index (χ0v) is 16.6. The standard InChI is InChI=1S/C23H30N2O3/c1-25(14-23-10-15-7-16(11-23)9-17(8-15)12-23)22(27)21-20(24-19(26)13-28-21)18-5-3-2-4-6-18/h2-6,15-17,20-21H,7-14H2,1H3,(H,24,26)/t15?,16?,17?,20-,21+,23?/m1/s1. The van der Waals surface area contributed by atoms with E-state index in [0.29, 0.717) is 5.41 Å². The molecule has 1 aromatic carbocycles. The summed E-state index contributed by atoms with van der Waals surface area (Å²) in [6.45, 7) is 0.773. The molecule has 1 N–H and O–H groups in total. The van der Waals surface area contributed by atoms with E-state index in [1.807, 2.05) is 42.3 Å². The Morgan fingerprint density at radius 3 is 2.32 bits per heavy atom. The molecule has 6 rings (SSSR count). The van der Waals surface area contributed by atoms with Crippen molar-refractivity contribution in [2.75, 3.05) is 20.2 Å². The molecule has 1 heterocycles. The van der Waals surface area contributed by atoms with Gasteiger partial charge in [0, 0.05) is 13.6 Å². The number of likely N-dealkylation sites (N-methyl/N-ethyl adjacent to an activating group) is 1. The lowest BCUT2D eigenvalue weighted by Crippen LogP contribution is -2.56. The Kier molecular flexibility index (Phi) is 4.46. The van der Waals surface area contributed by atoms with Crippen molar-refractivity contribution in [3.05, 3.63) is 35.9 Å². The molecule has 150 valence electrons. The summed E-state index contributed by atoms with van der Waals surface area (Å²) in [5.41, 5.74) is 1.22. The van der Waals surface area contributed by atoms with Gasteiger partial charge in [0.1, 0.15) is 6.61 Å². The highest BCUT2D eigenvalue weighted by atomic mass is 16.5. The van der Waals surface area contributed by atoms with Gasteiger partial charge in [-0.2, -0.15) is 0 Å². The molecule has 2 amide bonds. The first-order valence-corrected chi connectivity index (χ1v) is 10.7. The van der Waals surface area contributed by atoms with E-state index < -0.39 is 12.1 Å². The number of hydrogen-bond donors (Lipinski definition) is 1. The zero-order valence-electron chi connectivity index (χ0n) is 16.6. The van der Waals surface area contributed by atoms with Crippen LogP contribution in [0.2, 0.25) is 0 Å². The summed E-state index contributed by atoms with van der Waals surface area (Å²) in [4.78, 5) is 27.2. The van der Waals surface area contributed by atoms with Gasteiger partial charge in [-0.25, -0.2) is 0 Å². The van der Waals surface area contributed by atoms with Crippen LogP contribution in [0.1, 0.15) is 50.1 Å². The summed E-state index contributed by atoms with van der Waals surface area (Å²) in [6, 6.07) is 9.25. The highest BCUT2D eigenvalue weighted by molar-refractivity contribution is 5.86. The Morgan fingerprint density at radius 2 is 1.71 bits per heavy atom. The van der Waals surface area contributed by atoms with E-state index in [2.05, 4.69) is 5.32 Å². The van der Waals surface area contributed by atoms with Crippen LogP contribution in [0.25, 0.3) is 0 Å². The van der Waals surface area contributed by atoms with Crippen LogP contribution in [0.3, 0.4) is 0 Å². The van der Waals surface area contributed by atoms with Gasteiger partial charge in [0.2, 0.25) is 5.91 Å². The molecule has 5 heteroatoms. The highest BCUT2D eigenvalue weighted by Crippen LogP contribution is 2.60. The van der Waals surface area contributed by atoms with Crippen molar-refractivity contribution >= 4 is 11.8 Å². The predicted octanol–water partition coefficient (Wildman–Crippen LogP) is 2.92. The van der Waals surface area contributed by atoms with Crippen molar-refractivity contribution in [3.8, 4) is 0 Å². The minimum atomic E-state index is -0.654. The molecule has 1 saturated heterocycles. The quantitative estimate of drug-likeness (QED) is 0.871. The Morgan fingerprint density at radius 1 is 1.11 bits per heavy atom. The number of morpholine rings is 1. The molecule has 28 heavy (non-hydrogen) atoms. The van der Waals surface area contributed by atoms with E-state index in [4.69, 9.17) is 4.74 Å². The molecular formula is C23H30N2O3. The smallest absolute Gasteiger partial charge is 0.254 e. The molecule has 4 bridgehead atoms. The number of hydrogen-bond acceptors (Lipinski definition) is 3. The third kappa shape index (κ3) is 3.24. The second-order valence-electron chi connectivity index (χ2n) is 9.80. The van der Waals surface area contributed by atoms with E-state index in [-0.39, 0.29) is 18.4 Å². The Labute approximate surface area is 166 Å². The maximum atomic E-state index is 13.4.